The van der Waals surface area contributed by atoms with E-state index in [9.17, 15) is 22.8 Å². The van der Waals surface area contributed by atoms with E-state index in [0.717, 1.165) is 37.0 Å². The molecule has 1 atom stereocenters. The van der Waals surface area contributed by atoms with Crippen LogP contribution >= 0.6 is 35.6 Å². The first kappa shape index (κ1) is 35.0. The molecule has 0 spiro atoms. The lowest BCUT2D eigenvalue weighted by Gasteiger charge is -2.28. The highest BCUT2D eigenvalue weighted by molar-refractivity contribution is 8.26. The van der Waals surface area contributed by atoms with Gasteiger partial charge in [-0.2, -0.15) is 13.2 Å². The zero-order valence-electron chi connectivity index (χ0n) is 25.1. The average Bonchev–Trinajstić information content (AvgIpc) is 3.31. The summed E-state index contributed by atoms with van der Waals surface area (Å²) in [4.78, 5) is 27.4. The van der Waals surface area contributed by atoms with Crippen molar-refractivity contribution in [3.63, 3.8) is 0 Å². The fourth-order valence-electron chi connectivity index (χ4n) is 5.14. The van der Waals surface area contributed by atoms with Crippen molar-refractivity contribution in [2.24, 2.45) is 0 Å². The van der Waals surface area contributed by atoms with Gasteiger partial charge in [-0.1, -0.05) is 48.3 Å². The van der Waals surface area contributed by atoms with Crippen molar-refractivity contribution < 1.29 is 42.1 Å². The van der Waals surface area contributed by atoms with Gasteiger partial charge >= 0.3 is 12.1 Å². The van der Waals surface area contributed by atoms with E-state index in [2.05, 4.69) is 4.90 Å². The first-order chi connectivity index (χ1) is 22.4. The van der Waals surface area contributed by atoms with Crippen molar-refractivity contribution in [2.75, 3.05) is 52.6 Å². The van der Waals surface area contributed by atoms with E-state index in [1.807, 2.05) is 0 Å². The van der Waals surface area contributed by atoms with Gasteiger partial charge < -0.3 is 19.3 Å². The molecule has 2 saturated heterocycles. The molecule has 5 rings (SSSR count). The van der Waals surface area contributed by atoms with Crippen molar-refractivity contribution >= 4 is 57.9 Å². The third-order valence-corrected chi connectivity index (χ3v) is 9.66. The summed E-state index contributed by atoms with van der Waals surface area (Å²) < 4.78 is 57.3. The van der Waals surface area contributed by atoms with Crippen LogP contribution < -0.4 is 9.47 Å². The third-order valence-electron chi connectivity index (χ3n) is 7.79. The molecule has 1 unspecified atom stereocenters. The van der Waals surface area contributed by atoms with E-state index >= 15 is 0 Å². The molecule has 0 saturated carbocycles. The van der Waals surface area contributed by atoms with Gasteiger partial charge in [0.15, 0.2) is 0 Å². The second-order valence-electron chi connectivity index (χ2n) is 11.0. The van der Waals surface area contributed by atoms with Gasteiger partial charge in [0, 0.05) is 31.7 Å². The molecule has 250 valence electrons. The van der Waals surface area contributed by atoms with Crippen molar-refractivity contribution in [3.05, 3.63) is 87.9 Å². The lowest BCUT2D eigenvalue weighted by molar-refractivity contribution is -0.122. The number of halogens is 4. The Bertz CT molecular complexity index is 1590. The van der Waals surface area contributed by atoms with E-state index in [0.29, 0.717) is 71.2 Å². The number of aromatic carboxylic acids is 1. The number of ether oxygens (including phenoxy) is 3. The molecule has 2 aromatic rings. The number of rotatable bonds is 12. The van der Waals surface area contributed by atoms with Gasteiger partial charge in [-0.05, 0) is 60.9 Å². The van der Waals surface area contributed by atoms with Gasteiger partial charge in [-0.3, -0.25) is 14.6 Å². The highest BCUT2D eigenvalue weighted by Gasteiger charge is 2.37. The predicted molar refractivity (Wildman–Crippen MR) is 178 cm³/mol. The number of carbonyl (C=O) groups excluding carboxylic acids is 1. The Morgan fingerprint density at radius 2 is 1.85 bits per heavy atom. The molecular weight excluding hydrogens is 677 g/mol. The Balaban J connectivity index is 1.29. The Labute approximate surface area is 284 Å². The maximum absolute atomic E-state index is 13.4. The third kappa shape index (κ3) is 8.96. The molecule has 0 radical (unpaired) electrons. The topological polar surface area (TPSA) is 88.5 Å². The summed E-state index contributed by atoms with van der Waals surface area (Å²) in [6, 6.07) is 11.2. The Kier molecular flexibility index (Phi) is 11.3. The van der Waals surface area contributed by atoms with Gasteiger partial charge in [0.2, 0.25) is 0 Å². The van der Waals surface area contributed by atoms with Gasteiger partial charge in [0.25, 0.3) is 5.91 Å². The predicted octanol–water partition coefficient (Wildman–Crippen LogP) is 6.65. The molecular formula is C33H32ClF3N2O6S2. The molecule has 3 aliphatic rings. The minimum Gasteiger partial charge on any atom is -0.494 e. The summed E-state index contributed by atoms with van der Waals surface area (Å²) in [6.07, 6.45) is 1.04. The second kappa shape index (κ2) is 15.2. The van der Waals surface area contributed by atoms with Crippen molar-refractivity contribution in [1.82, 2.24) is 9.80 Å². The first-order valence-corrected chi connectivity index (χ1v) is 16.5. The number of hydrogen-bond acceptors (Lipinski definition) is 8. The number of carboxylic acid groups (broad SMARTS) is 1. The standard InChI is InChI=1S/C33H32ClF3N2O6S2/c34-32(10-8-24(9-11-32)33(35,36)37)25-4-7-27(45-19-15-38-13-17-43-18-14-38)23(20-25)21-28-29(40)39(31(46)47-28)12-1-16-44-26-5-2-22(3-6-26)30(41)42/h2-10,20-21H,1,11-19H2,(H,41,42). The molecule has 47 heavy (non-hydrogen) atoms. The van der Waals surface area contributed by atoms with E-state index in [1.54, 1.807) is 36.4 Å². The van der Waals surface area contributed by atoms with Crippen LogP contribution in [0, 0.1) is 0 Å². The molecule has 0 bridgehead atoms. The molecule has 0 aromatic heterocycles. The van der Waals surface area contributed by atoms with Crippen LogP contribution in [-0.2, 0) is 14.4 Å². The molecule has 14 heteroatoms. The van der Waals surface area contributed by atoms with E-state index in [-0.39, 0.29) is 24.5 Å². The Morgan fingerprint density at radius 3 is 2.51 bits per heavy atom. The zero-order valence-corrected chi connectivity index (χ0v) is 27.5. The van der Waals surface area contributed by atoms with E-state index in [1.165, 1.54) is 23.1 Å². The van der Waals surface area contributed by atoms with Crippen LogP contribution in [0.5, 0.6) is 11.5 Å². The van der Waals surface area contributed by atoms with Crippen LogP contribution in [0.1, 0.15) is 34.3 Å². The summed E-state index contributed by atoms with van der Waals surface area (Å²) in [6.45, 7) is 4.55. The number of morpholine rings is 1. The summed E-state index contributed by atoms with van der Waals surface area (Å²) in [5, 5.41) is 9.04. The number of allylic oxidation sites excluding steroid dienone is 4. The maximum atomic E-state index is 13.4. The lowest BCUT2D eigenvalue weighted by atomic mass is 9.88. The van der Waals surface area contributed by atoms with Crippen LogP contribution in [-0.4, -0.2) is 89.9 Å². The Morgan fingerprint density at radius 1 is 1.11 bits per heavy atom. The molecule has 2 fully saturated rings. The number of carbonyl (C=O) groups is 2. The van der Waals surface area contributed by atoms with Gasteiger partial charge in [-0.25, -0.2) is 4.79 Å². The van der Waals surface area contributed by atoms with Crippen molar-refractivity contribution in [3.8, 4) is 11.5 Å². The number of carboxylic acids is 1. The quantitative estimate of drug-likeness (QED) is 0.113. The number of amides is 1. The number of alkyl halides is 4. The average molecular weight is 709 g/mol. The van der Waals surface area contributed by atoms with Crippen LogP contribution in [0.15, 0.2) is 71.2 Å². The molecule has 2 heterocycles. The molecule has 2 aliphatic heterocycles. The highest BCUT2D eigenvalue weighted by Crippen LogP contribution is 2.43. The summed E-state index contributed by atoms with van der Waals surface area (Å²) in [7, 11) is 0. The minimum atomic E-state index is -4.47. The first-order valence-electron chi connectivity index (χ1n) is 14.9. The maximum Gasteiger partial charge on any atom is 0.416 e. The molecule has 1 amide bonds. The van der Waals surface area contributed by atoms with E-state index < -0.39 is 22.6 Å². The van der Waals surface area contributed by atoms with Gasteiger partial charge in [-0.15, -0.1) is 11.6 Å². The smallest absolute Gasteiger partial charge is 0.416 e. The number of thioether (sulfide) groups is 1. The summed E-state index contributed by atoms with van der Waals surface area (Å²) >= 11 is 13.5. The van der Waals surface area contributed by atoms with Gasteiger partial charge in [0.1, 0.15) is 22.4 Å². The highest BCUT2D eigenvalue weighted by atomic mass is 35.5. The summed E-state index contributed by atoms with van der Waals surface area (Å²) in [5.41, 5.74) is 0.518. The van der Waals surface area contributed by atoms with Crippen LogP contribution in [0.4, 0.5) is 13.2 Å². The fraction of sp³-hybridized carbons (Fsp3) is 0.364. The number of thiocarbonyl (C=S) groups is 1. The SMILES string of the molecule is O=C(O)c1ccc(OCCCN2C(=O)C(=Cc3cc(C4(Cl)C=CC(C(F)(F)F)=CC4)ccc3OCCN3CCOCC3)SC2=S)cc1. The number of benzene rings is 2. The Hall–Kier alpha value is -3.36. The largest absolute Gasteiger partial charge is 0.494 e. The van der Waals surface area contributed by atoms with Crippen molar-refractivity contribution in [2.45, 2.75) is 23.9 Å². The summed E-state index contributed by atoms with van der Waals surface area (Å²) in [5.74, 6) is -0.300. The van der Waals surface area contributed by atoms with Crippen LogP contribution in [0.3, 0.4) is 0 Å². The number of nitrogens with zero attached hydrogens (tertiary/aromatic N) is 2. The number of hydrogen-bond donors (Lipinski definition) is 1. The fourth-order valence-corrected chi connectivity index (χ4v) is 6.70. The minimum absolute atomic E-state index is 0.0650. The normalized spacial score (nSPS) is 21.3. The molecule has 2 aromatic carbocycles. The van der Waals surface area contributed by atoms with Gasteiger partial charge in [0.05, 0.1) is 40.7 Å². The second-order valence-corrected chi connectivity index (χ2v) is 13.3. The van der Waals surface area contributed by atoms with Crippen LogP contribution in [0.2, 0.25) is 0 Å². The monoisotopic (exact) mass is 708 g/mol. The molecule has 1 aliphatic carbocycles. The molecule has 1 N–H and O–H groups in total. The lowest BCUT2D eigenvalue weighted by Crippen LogP contribution is -2.38. The van der Waals surface area contributed by atoms with Crippen molar-refractivity contribution in [1.29, 1.82) is 0 Å². The van der Waals surface area contributed by atoms with Crippen LogP contribution in [0.25, 0.3) is 6.08 Å². The van der Waals surface area contributed by atoms with E-state index in [4.69, 9.17) is 43.1 Å². The molecule has 8 nitrogen and oxygen atoms in total. The zero-order chi connectivity index (χ0) is 33.6.